The first-order valence-electron chi connectivity index (χ1n) is 11.6. The number of hydrogen-bond acceptors (Lipinski definition) is 4. The van der Waals surface area contributed by atoms with Crippen molar-refractivity contribution in [2.24, 2.45) is 0 Å². The van der Waals surface area contributed by atoms with Crippen molar-refractivity contribution in [3.05, 3.63) is 59.7 Å². The third kappa shape index (κ3) is 7.52. The van der Waals surface area contributed by atoms with Crippen LogP contribution in [0, 0.1) is 0 Å². The van der Waals surface area contributed by atoms with Crippen LogP contribution in [0.15, 0.2) is 48.5 Å². The second-order valence-corrected chi connectivity index (χ2v) is 9.12. The minimum absolute atomic E-state index is 0.117. The molecule has 0 aliphatic rings. The molecule has 1 N–H and O–H groups in total. The predicted molar refractivity (Wildman–Crippen MR) is 132 cm³/mol. The Bertz CT molecular complexity index is 903. The monoisotopic (exact) mass is 454 g/mol. The van der Waals surface area contributed by atoms with E-state index in [-0.39, 0.29) is 23.8 Å². The van der Waals surface area contributed by atoms with Gasteiger partial charge in [-0.1, -0.05) is 65.0 Å². The number of rotatable bonds is 11. The van der Waals surface area contributed by atoms with Crippen LogP contribution in [-0.2, 0) is 21.5 Å². The van der Waals surface area contributed by atoms with Gasteiger partial charge in [0.15, 0.2) is 6.61 Å². The van der Waals surface area contributed by atoms with Crippen LogP contribution in [0.1, 0.15) is 58.6 Å². The molecule has 0 bridgehead atoms. The van der Waals surface area contributed by atoms with E-state index in [2.05, 4.69) is 26.1 Å². The number of carbonyl (C=O) groups excluding carboxylic acids is 2. The van der Waals surface area contributed by atoms with Gasteiger partial charge in [-0.3, -0.25) is 9.59 Å². The van der Waals surface area contributed by atoms with Crippen LogP contribution in [0.4, 0.5) is 0 Å². The number of benzene rings is 2. The number of ether oxygens (including phenoxy) is 2. The van der Waals surface area contributed by atoms with Gasteiger partial charge in [0.2, 0.25) is 5.91 Å². The fraction of sp³-hybridized carbons (Fsp3) is 0.481. The van der Waals surface area contributed by atoms with Crippen LogP contribution in [0.25, 0.3) is 0 Å². The number of nitrogens with zero attached hydrogens (tertiary/aromatic N) is 1. The standard InChI is InChI=1S/C27H38N2O4/c1-7-17-28-26(31)23(8-2)29(18-20-13-15-21(32-6)16-14-20)25(30)19-33-24-12-10-9-11-22(24)27(3,4)5/h9-16,23H,7-8,17-19H2,1-6H3,(H,28,31). The van der Waals surface area contributed by atoms with E-state index in [0.717, 1.165) is 23.3 Å². The first kappa shape index (κ1) is 26.2. The molecule has 0 aliphatic carbocycles. The van der Waals surface area contributed by atoms with Gasteiger partial charge in [0, 0.05) is 13.1 Å². The summed E-state index contributed by atoms with van der Waals surface area (Å²) in [5, 5.41) is 2.93. The van der Waals surface area contributed by atoms with E-state index < -0.39 is 6.04 Å². The summed E-state index contributed by atoms with van der Waals surface area (Å²) in [7, 11) is 1.61. The van der Waals surface area contributed by atoms with E-state index in [1.54, 1.807) is 12.0 Å². The SMILES string of the molecule is CCCNC(=O)C(CC)N(Cc1ccc(OC)cc1)C(=O)COc1ccccc1C(C)(C)C. The Hall–Kier alpha value is -3.02. The molecule has 0 radical (unpaired) electrons. The number of hydrogen-bond donors (Lipinski definition) is 1. The molecule has 1 atom stereocenters. The fourth-order valence-electron chi connectivity index (χ4n) is 3.65. The van der Waals surface area contributed by atoms with Crippen LogP contribution >= 0.6 is 0 Å². The van der Waals surface area contributed by atoms with Crippen molar-refractivity contribution in [2.45, 2.75) is 65.5 Å². The molecule has 33 heavy (non-hydrogen) atoms. The molecule has 2 rings (SSSR count). The Morgan fingerprint density at radius 1 is 1.03 bits per heavy atom. The average Bonchev–Trinajstić information content (AvgIpc) is 2.81. The average molecular weight is 455 g/mol. The summed E-state index contributed by atoms with van der Waals surface area (Å²) in [6, 6.07) is 14.7. The quantitative estimate of drug-likeness (QED) is 0.534. The molecule has 0 saturated heterocycles. The van der Waals surface area contributed by atoms with E-state index in [9.17, 15) is 9.59 Å². The van der Waals surface area contributed by atoms with Crippen molar-refractivity contribution in [3.8, 4) is 11.5 Å². The summed E-state index contributed by atoms with van der Waals surface area (Å²) < 4.78 is 11.2. The maximum atomic E-state index is 13.4. The largest absolute Gasteiger partial charge is 0.497 e. The van der Waals surface area contributed by atoms with Crippen LogP contribution in [0.3, 0.4) is 0 Å². The Morgan fingerprint density at radius 2 is 1.70 bits per heavy atom. The van der Waals surface area contributed by atoms with Crippen LogP contribution in [-0.4, -0.2) is 43.0 Å². The van der Waals surface area contributed by atoms with Crippen molar-refractivity contribution in [1.29, 1.82) is 0 Å². The first-order valence-corrected chi connectivity index (χ1v) is 11.6. The van der Waals surface area contributed by atoms with Crippen molar-refractivity contribution >= 4 is 11.8 Å². The molecule has 6 nitrogen and oxygen atoms in total. The predicted octanol–water partition coefficient (Wildman–Crippen LogP) is 4.71. The summed E-state index contributed by atoms with van der Waals surface area (Å²) in [6.07, 6.45) is 1.34. The Labute approximate surface area is 198 Å². The highest BCUT2D eigenvalue weighted by molar-refractivity contribution is 5.88. The van der Waals surface area contributed by atoms with Crippen LogP contribution in [0.2, 0.25) is 0 Å². The summed E-state index contributed by atoms with van der Waals surface area (Å²) in [4.78, 5) is 27.9. The third-order valence-electron chi connectivity index (χ3n) is 5.49. The number of nitrogens with one attached hydrogen (secondary N) is 1. The van der Waals surface area contributed by atoms with E-state index in [1.807, 2.05) is 62.4 Å². The van der Waals surface area contributed by atoms with Crippen LogP contribution in [0.5, 0.6) is 11.5 Å². The zero-order chi connectivity index (χ0) is 24.4. The molecule has 2 amide bonds. The smallest absolute Gasteiger partial charge is 0.261 e. The van der Waals surface area contributed by atoms with Crippen molar-refractivity contribution in [3.63, 3.8) is 0 Å². The Balaban J connectivity index is 2.25. The number of methoxy groups -OCH3 is 1. The van der Waals surface area contributed by atoms with Gasteiger partial charge in [-0.2, -0.15) is 0 Å². The van der Waals surface area contributed by atoms with E-state index >= 15 is 0 Å². The molecule has 0 aromatic heterocycles. The Kier molecular flexibility index (Phi) is 9.76. The lowest BCUT2D eigenvalue weighted by molar-refractivity contribution is -0.143. The molecule has 0 heterocycles. The molecule has 6 heteroatoms. The minimum Gasteiger partial charge on any atom is -0.497 e. The van der Waals surface area contributed by atoms with Crippen LogP contribution < -0.4 is 14.8 Å². The molecule has 2 aromatic rings. The molecule has 0 saturated carbocycles. The van der Waals surface area contributed by atoms with Crippen molar-refractivity contribution in [1.82, 2.24) is 10.2 Å². The van der Waals surface area contributed by atoms with Gasteiger partial charge >= 0.3 is 0 Å². The number of carbonyl (C=O) groups is 2. The lowest BCUT2D eigenvalue weighted by atomic mass is 9.86. The molecule has 2 aromatic carbocycles. The van der Waals surface area contributed by atoms with Gasteiger partial charge in [-0.05, 0) is 47.6 Å². The van der Waals surface area contributed by atoms with Gasteiger partial charge in [0.1, 0.15) is 17.5 Å². The van der Waals surface area contributed by atoms with Crippen molar-refractivity contribution in [2.75, 3.05) is 20.3 Å². The molecule has 180 valence electrons. The van der Waals surface area contributed by atoms with E-state index in [1.165, 1.54) is 0 Å². The molecular weight excluding hydrogens is 416 g/mol. The Morgan fingerprint density at radius 3 is 2.27 bits per heavy atom. The molecule has 0 spiro atoms. The minimum atomic E-state index is -0.576. The first-order chi connectivity index (χ1) is 15.7. The maximum absolute atomic E-state index is 13.4. The van der Waals surface area contributed by atoms with E-state index in [4.69, 9.17) is 9.47 Å². The summed E-state index contributed by atoms with van der Waals surface area (Å²) >= 11 is 0. The zero-order valence-corrected chi connectivity index (χ0v) is 20.8. The third-order valence-corrected chi connectivity index (χ3v) is 5.49. The van der Waals surface area contributed by atoms with Gasteiger partial charge in [0.05, 0.1) is 7.11 Å². The van der Waals surface area contributed by atoms with Gasteiger partial charge in [-0.25, -0.2) is 0 Å². The lowest BCUT2D eigenvalue weighted by Crippen LogP contribution is -2.50. The highest BCUT2D eigenvalue weighted by atomic mass is 16.5. The molecular formula is C27H38N2O4. The maximum Gasteiger partial charge on any atom is 0.261 e. The molecule has 0 fully saturated rings. The highest BCUT2D eigenvalue weighted by Gasteiger charge is 2.29. The lowest BCUT2D eigenvalue weighted by Gasteiger charge is -2.31. The second kappa shape index (κ2) is 12.3. The normalized spacial score (nSPS) is 12.1. The zero-order valence-electron chi connectivity index (χ0n) is 20.8. The molecule has 0 aliphatic heterocycles. The summed E-state index contributed by atoms with van der Waals surface area (Å²) in [6.45, 7) is 11.0. The summed E-state index contributed by atoms with van der Waals surface area (Å²) in [5.74, 6) is 1.06. The fourth-order valence-corrected chi connectivity index (χ4v) is 3.65. The topological polar surface area (TPSA) is 67.9 Å². The van der Waals surface area contributed by atoms with Gasteiger partial charge < -0.3 is 19.7 Å². The molecule has 1 unspecified atom stereocenters. The number of para-hydroxylation sites is 1. The van der Waals surface area contributed by atoms with Gasteiger partial charge in [0.25, 0.3) is 5.91 Å². The van der Waals surface area contributed by atoms with E-state index in [0.29, 0.717) is 25.3 Å². The van der Waals surface area contributed by atoms with Crippen molar-refractivity contribution < 1.29 is 19.1 Å². The number of amides is 2. The highest BCUT2D eigenvalue weighted by Crippen LogP contribution is 2.31. The second-order valence-electron chi connectivity index (χ2n) is 9.12. The summed E-state index contributed by atoms with van der Waals surface area (Å²) in [5.41, 5.74) is 1.84. The van der Waals surface area contributed by atoms with Gasteiger partial charge in [-0.15, -0.1) is 0 Å².